The Kier molecular flexibility index (Phi) is 8.85. The van der Waals surface area contributed by atoms with Crippen molar-refractivity contribution in [3.8, 4) is 27.6 Å². The van der Waals surface area contributed by atoms with Gasteiger partial charge in [0.1, 0.15) is 28.5 Å². The van der Waals surface area contributed by atoms with E-state index >= 15 is 8.78 Å². The smallest absolute Gasteiger partial charge is 0.410 e. The maximum absolute atomic E-state index is 16.0. The number of aliphatic hydroxyl groups excluding tert-OH is 1. The molecule has 1 saturated heterocycles. The number of amides is 2. The molecule has 0 radical (unpaired) electrons. The van der Waals surface area contributed by atoms with Crippen LogP contribution in [0.5, 0.6) is 0 Å². The Morgan fingerprint density at radius 1 is 1.00 bits per heavy atom. The van der Waals surface area contributed by atoms with Crippen LogP contribution in [0.25, 0.3) is 32.6 Å². The number of aromatic nitrogens is 3. The summed E-state index contributed by atoms with van der Waals surface area (Å²) >= 11 is 0.910. The molecular formula is C32H33F3N6O4S. The van der Waals surface area contributed by atoms with Crippen molar-refractivity contribution in [3.63, 3.8) is 0 Å². The summed E-state index contributed by atoms with van der Waals surface area (Å²) < 4.78 is 53.1. The number of aliphatic hydroxyl groups is 1. The molecule has 10 nitrogen and oxygen atoms in total. The van der Waals surface area contributed by atoms with Crippen molar-refractivity contribution in [1.82, 2.24) is 24.8 Å². The quantitative estimate of drug-likeness (QED) is 0.283. The van der Waals surface area contributed by atoms with Crippen LogP contribution in [0.3, 0.4) is 0 Å². The molecule has 242 valence electrons. The summed E-state index contributed by atoms with van der Waals surface area (Å²) in [5.74, 6) is -3.68. The van der Waals surface area contributed by atoms with Gasteiger partial charge in [-0.3, -0.25) is 4.79 Å². The molecule has 1 aliphatic heterocycles. The molecule has 5 rings (SSSR count). The standard InChI is InChI=1S/C32H33F3N6O4S/c1-31(2,3)45-30(44)40-10-6-9-39(11-12-40)29(43)24-15-20(18-7-8-19(16-36)22(33)13-18)28(46-24)21-14-23-27(26(35)25(21)34)41(38-37-23)32(4,5)17-42/h7-8,13-15,42H,6,9-12,17H2,1-5H3. The minimum atomic E-state index is -1.24. The lowest BCUT2D eigenvalue weighted by molar-refractivity contribution is 0.0255. The number of rotatable bonds is 5. The lowest BCUT2D eigenvalue weighted by Crippen LogP contribution is -2.40. The maximum Gasteiger partial charge on any atom is 0.410 e. The Labute approximate surface area is 267 Å². The molecule has 3 heterocycles. The molecule has 0 bridgehead atoms. The first-order valence-corrected chi connectivity index (χ1v) is 15.4. The summed E-state index contributed by atoms with van der Waals surface area (Å²) in [5, 5.41) is 27.0. The van der Waals surface area contributed by atoms with Gasteiger partial charge in [-0.15, -0.1) is 16.4 Å². The van der Waals surface area contributed by atoms with Gasteiger partial charge in [0, 0.05) is 42.2 Å². The average Bonchev–Trinajstić information content (AvgIpc) is 3.56. The SMILES string of the molecule is CC(C)(C)OC(=O)N1CCCN(C(=O)c2cc(-c3ccc(C#N)c(F)c3)c(-c3cc4nnn(C(C)(C)CO)c4c(F)c3F)s2)CC1. The largest absolute Gasteiger partial charge is 0.444 e. The van der Waals surface area contributed by atoms with E-state index in [2.05, 4.69) is 10.3 Å². The van der Waals surface area contributed by atoms with Crippen molar-refractivity contribution in [1.29, 1.82) is 5.26 Å². The monoisotopic (exact) mass is 654 g/mol. The number of nitrogens with zero attached hydrogens (tertiary/aromatic N) is 6. The highest BCUT2D eigenvalue weighted by Crippen LogP contribution is 2.43. The van der Waals surface area contributed by atoms with Gasteiger partial charge in [0.15, 0.2) is 11.6 Å². The van der Waals surface area contributed by atoms with Crippen molar-refractivity contribution in [3.05, 3.63) is 58.2 Å². The fourth-order valence-corrected chi connectivity index (χ4v) is 6.30. The van der Waals surface area contributed by atoms with Gasteiger partial charge in [-0.25, -0.2) is 22.6 Å². The van der Waals surface area contributed by atoms with Crippen LogP contribution in [0.1, 0.15) is 56.3 Å². The van der Waals surface area contributed by atoms with Crippen LogP contribution in [0.4, 0.5) is 18.0 Å². The number of carbonyl (C=O) groups is 2. The second-order valence-corrected chi connectivity index (χ2v) is 13.7. The third-order valence-electron chi connectivity index (χ3n) is 7.60. The molecule has 0 aliphatic carbocycles. The second-order valence-electron chi connectivity index (χ2n) is 12.7. The molecule has 4 aromatic rings. The average molecular weight is 655 g/mol. The molecule has 2 aromatic carbocycles. The lowest BCUT2D eigenvalue weighted by Gasteiger charge is -2.26. The molecule has 14 heteroatoms. The van der Waals surface area contributed by atoms with Gasteiger partial charge in [0.2, 0.25) is 0 Å². The van der Waals surface area contributed by atoms with E-state index in [-0.39, 0.29) is 56.1 Å². The van der Waals surface area contributed by atoms with Crippen LogP contribution in [0.2, 0.25) is 0 Å². The number of ether oxygens (including phenoxy) is 1. The molecule has 2 amide bonds. The summed E-state index contributed by atoms with van der Waals surface area (Å²) in [6, 6.07) is 8.41. The molecule has 0 spiro atoms. The molecule has 46 heavy (non-hydrogen) atoms. The maximum atomic E-state index is 16.0. The zero-order valence-corrected chi connectivity index (χ0v) is 26.8. The Bertz CT molecular complexity index is 1870. The van der Waals surface area contributed by atoms with E-state index in [4.69, 9.17) is 4.74 Å². The van der Waals surface area contributed by atoms with E-state index in [9.17, 15) is 24.3 Å². The molecule has 0 unspecified atom stereocenters. The molecule has 2 aromatic heterocycles. The van der Waals surface area contributed by atoms with Crippen molar-refractivity contribution >= 4 is 34.4 Å². The van der Waals surface area contributed by atoms with Gasteiger partial charge in [-0.1, -0.05) is 11.3 Å². The zero-order chi connectivity index (χ0) is 33.6. The van der Waals surface area contributed by atoms with E-state index in [0.29, 0.717) is 19.5 Å². The second kappa shape index (κ2) is 12.4. The highest BCUT2D eigenvalue weighted by molar-refractivity contribution is 7.18. The van der Waals surface area contributed by atoms with Gasteiger partial charge >= 0.3 is 6.09 Å². The Morgan fingerprint density at radius 2 is 1.70 bits per heavy atom. The van der Waals surface area contributed by atoms with Crippen LogP contribution >= 0.6 is 11.3 Å². The predicted molar refractivity (Wildman–Crippen MR) is 166 cm³/mol. The van der Waals surface area contributed by atoms with E-state index in [1.165, 1.54) is 24.3 Å². The summed E-state index contributed by atoms with van der Waals surface area (Å²) in [6.45, 7) is 9.28. The first-order valence-electron chi connectivity index (χ1n) is 14.6. The Hall–Kier alpha value is -4.48. The summed E-state index contributed by atoms with van der Waals surface area (Å²) in [7, 11) is 0. The van der Waals surface area contributed by atoms with E-state index in [0.717, 1.165) is 22.1 Å². The number of hydrogen-bond donors (Lipinski definition) is 1. The van der Waals surface area contributed by atoms with Gasteiger partial charge in [0.05, 0.1) is 22.6 Å². The number of halogens is 3. The Morgan fingerprint density at radius 3 is 2.35 bits per heavy atom. The number of fused-ring (bicyclic) bond motifs is 1. The zero-order valence-electron chi connectivity index (χ0n) is 26.0. The van der Waals surface area contributed by atoms with Gasteiger partial charge < -0.3 is 19.6 Å². The summed E-state index contributed by atoms with van der Waals surface area (Å²) in [4.78, 5) is 29.9. The third kappa shape index (κ3) is 6.29. The first-order chi connectivity index (χ1) is 21.6. The number of thiophene rings is 1. The van der Waals surface area contributed by atoms with Crippen LogP contribution in [-0.4, -0.2) is 80.3 Å². The third-order valence-corrected chi connectivity index (χ3v) is 8.75. The first kappa shape index (κ1) is 32.9. The minimum absolute atomic E-state index is 0.0170. The molecule has 0 saturated carbocycles. The normalized spacial score (nSPS) is 14.3. The van der Waals surface area contributed by atoms with Gasteiger partial charge in [-0.05, 0) is 70.9 Å². The molecular weight excluding hydrogens is 621 g/mol. The minimum Gasteiger partial charge on any atom is -0.444 e. The molecule has 1 N–H and O–H groups in total. The van der Waals surface area contributed by atoms with Crippen molar-refractivity contribution in [2.24, 2.45) is 0 Å². The topological polar surface area (TPSA) is 125 Å². The van der Waals surface area contributed by atoms with Gasteiger partial charge in [-0.2, -0.15) is 5.26 Å². The van der Waals surface area contributed by atoms with E-state index < -0.39 is 47.2 Å². The van der Waals surface area contributed by atoms with Crippen LogP contribution < -0.4 is 0 Å². The number of nitriles is 1. The fourth-order valence-electron chi connectivity index (χ4n) is 5.14. The lowest BCUT2D eigenvalue weighted by atomic mass is 9.99. The van der Waals surface area contributed by atoms with E-state index in [1.54, 1.807) is 50.5 Å². The molecule has 1 fully saturated rings. The van der Waals surface area contributed by atoms with Gasteiger partial charge in [0.25, 0.3) is 5.91 Å². The van der Waals surface area contributed by atoms with Crippen molar-refractivity contribution < 1.29 is 32.6 Å². The number of benzene rings is 2. The summed E-state index contributed by atoms with van der Waals surface area (Å²) in [5.41, 5.74) is -1.88. The number of hydrogen-bond acceptors (Lipinski definition) is 8. The van der Waals surface area contributed by atoms with Crippen LogP contribution in [-0.2, 0) is 10.3 Å². The predicted octanol–water partition coefficient (Wildman–Crippen LogP) is 5.93. The number of carbonyl (C=O) groups excluding carboxylic acids is 2. The van der Waals surface area contributed by atoms with Crippen molar-refractivity contribution in [2.45, 2.75) is 52.2 Å². The highest BCUT2D eigenvalue weighted by Gasteiger charge is 2.31. The van der Waals surface area contributed by atoms with Crippen molar-refractivity contribution in [2.75, 3.05) is 32.8 Å². The molecule has 0 atom stereocenters. The van der Waals surface area contributed by atoms with Crippen LogP contribution in [0, 0.1) is 28.8 Å². The van der Waals surface area contributed by atoms with Crippen LogP contribution in [0.15, 0.2) is 30.3 Å². The van der Waals surface area contributed by atoms with E-state index in [1.807, 2.05) is 0 Å². The highest BCUT2D eigenvalue weighted by atomic mass is 32.1. The Balaban J connectivity index is 1.57. The summed E-state index contributed by atoms with van der Waals surface area (Å²) in [6.07, 6.45) is 0.0188. The fraction of sp³-hybridized carbons (Fsp3) is 0.406. The molecule has 1 aliphatic rings.